The van der Waals surface area contributed by atoms with Crippen molar-refractivity contribution in [3.05, 3.63) is 70.5 Å². The minimum absolute atomic E-state index is 0.0405. The van der Waals surface area contributed by atoms with Crippen molar-refractivity contribution >= 4 is 22.9 Å². The van der Waals surface area contributed by atoms with E-state index in [1.54, 1.807) is 43.4 Å². The van der Waals surface area contributed by atoms with Gasteiger partial charge in [-0.1, -0.05) is 24.3 Å². The highest BCUT2D eigenvalue weighted by molar-refractivity contribution is 5.84. The Hall–Kier alpha value is -3.08. The molecule has 0 unspecified atom stereocenters. The third-order valence-electron chi connectivity index (χ3n) is 3.18. The van der Waals surface area contributed by atoms with Gasteiger partial charge in [0.25, 0.3) is 5.56 Å². The van der Waals surface area contributed by atoms with Crippen LogP contribution in [0.4, 0.5) is 5.69 Å². The van der Waals surface area contributed by atoms with Crippen LogP contribution in [-0.4, -0.2) is 16.0 Å². The Kier molecular flexibility index (Phi) is 4.58. The molecule has 3 N–H and O–H groups in total. The van der Waals surface area contributed by atoms with Gasteiger partial charge in [0.05, 0.1) is 5.52 Å². The lowest BCUT2D eigenvalue weighted by atomic mass is 10.2. The van der Waals surface area contributed by atoms with E-state index in [9.17, 15) is 14.7 Å². The number of rotatable bonds is 1. The fourth-order valence-electron chi connectivity index (χ4n) is 2.03. The molecule has 0 spiro atoms. The predicted molar refractivity (Wildman–Crippen MR) is 87.1 cm³/mol. The van der Waals surface area contributed by atoms with E-state index < -0.39 is 0 Å². The molecule has 1 aromatic heterocycles. The monoisotopic (exact) mass is 296 g/mol. The van der Waals surface area contributed by atoms with Crippen LogP contribution in [0.3, 0.4) is 0 Å². The Morgan fingerprint density at radius 1 is 1.09 bits per heavy atom. The molecule has 0 saturated carbocycles. The second-order valence-electron chi connectivity index (χ2n) is 4.73. The molecule has 0 amide bonds. The van der Waals surface area contributed by atoms with Crippen molar-refractivity contribution in [2.45, 2.75) is 0 Å². The summed E-state index contributed by atoms with van der Waals surface area (Å²) in [5.41, 5.74) is 7.17. The van der Waals surface area contributed by atoms with Crippen LogP contribution in [0.1, 0.15) is 10.4 Å². The Morgan fingerprint density at radius 3 is 2.45 bits per heavy atom. The van der Waals surface area contributed by atoms with Gasteiger partial charge in [-0.3, -0.25) is 9.59 Å². The van der Waals surface area contributed by atoms with Crippen molar-refractivity contribution in [1.29, 1.82) is 0 Å². The molecule has 0 aliphatic heterocycles. The number of hydrogen-bond donors (Lipinski definition) is 2. The number of aldehydes is 1. The molecule has 5 nitrogen and oxygen atoms in total. The second kappa shape index (κ2) is 6.58. The number of fused-ring (bicyclic) bond motifs is 1. The third-order valence-corrected chi connectivity index (χ3v) is 3.18. The van der Waals surface area contributed by atoms with Gasteiger partial charge in [0.2, 0.25) is 0 Å². The molecular weight excluding hydrogens is 280 g/mol. The van der Waals surface area contributed by atoms with Crippen LogP contribution < -0.4 is 11.3 Å². The van der Waals surface area contributed by atoms with E-state index in [1.807, 2.05) is 12.1 Å². The summed E-state index contributed by atoms with van der Waals surface area (Å²) < 4.78 is 1.51. The van der Waals surface area contributed by atoms with Crippen molar-refractivity contribution in [3.63, 3.8) is 0 Å². The summed E-state index contributed by atoms with van der Waals surface area (Å²) in [4.78, 5) is 21.4. The molecule has 0 aliphatic carbocycles. The molecule has 5 heteroatoms. The molecule has 22 heavy (non-hydrogen) atoms. The first-order valence-electron chi connectivity index (χ1n) is 6.61. The van der Waals surface area contributed by atoms with Gasteiger partial charge < -0.3 is 15.4 Å². The number of nitrogens with zero attached hydrogens (tertiary/aromatic N) is 1. The standard InChI is InChI=1S/C10H9NO2.C7H7NO/c1-11-8-5-3-2-4-7(8)9(12)6-10(11)13;8-7-3-1-2-6(4-7)5-9/h2-6,12H,1H3;1-5H,8H2. The molecule has 1 heterocycles. The van der Waals surface area contributed by atoms with Crippen LogP contribution in [0.5, 0.6) is 5.75 Å². The molecule has 0 fully saturated rings. The lowest BCUT2D eigenvalue weighted by Gasteiger charge is -2.04. The fraction of sp³-hybridized carbons (Fsp3) is 0.0588. The Labute approximate surface area is 127 Å². The van der Waals surface area contributed by atoms with Crippen LogP contribution >= 0.6 is 0 Å². The maximum Gasteiger partial charge on any atom is 0.254 e. The summed E-state index contributed by atoms with van der Waals surface area (Å²) in [6, 6.07) is 15.3. The van der Waals surface area contributed by atoms with Crippen molar-refractivity contribution in [2.75, 3.05) is 5.73 Å². The van der Waals surface area contributed by atoms with Gasteiger partial charge in [-0.25, -0.2) is 0 Å². The lowest BCUT2D eigenvalue weighted by molar-refractivity contribution is 0.112. The first-order valence-corrected chi connectivity index (χ1v) is 6.61. The lowest BCUT2D eigenvalue weighted by Crippen LogP contribution is -2.15. The molecule has 0 aliphatic rings. The number of pyridine rings is 1. The summed E-state index contributed by atoms with van der Waals surface area (Å²) in [5, 5.41) is 10.2. The van der Waals surface area contributed by atoms with E-state index in [0.29, 0.717) is 16.6 Å². The van der Waals surface area contributed by atoms with Gasteiger partial charge >= 0.3 is 0 Å². The van der Waals surface area contributed by atoms with E-state index in [-0.39, 0.29) is 11.3 Å². The highest BCUT2D eigenvalue weighted by Crippen LogP contribution is 2.20. The van der Waals surface area contributed by atoms with Gasteiger partial charge in [0, 0.05) is 29.8 Å². The van der Waals surface area contributed by atoms with Gasteiger partial charge in [-0.05, 0) is 24.3 Å². The van der Waals surface area contributed by atoms with E-state index >= 15 is 0 Å². The van der Waals surface area contributed by atoms with Crippen molar-refractivity contribution < 1.29 is 9.90 Å². The topological polar surface area (TPSA) is 85.3 Å². The maximum absolute atomic E-state index is 11.3. The number of carbonyl (C=O) groups excluding carboxylic acids is 1. The summed E-state index contributed by atoms with van der Waals surface area (Å²) in [5.74, 6) is 0.0405. The molecule has 112 valence electrons. The molecule has 0 atom stereocenters. The zero-order chi connectivity index (χ0) is 16.1. The largest absolute Gasteiger partial charge is 0.507 e. The number of aromatic nitrogens is 1. The zero-order valence-electron chi connectivity index (χ0n) is 12.1. The number of carbonyl (C=O) groups is 1. The quantitative estimate of drug-likeness (QED) is 0.533. The number of aromatic hydroxyl groups is 1. The summed E-state index contributed by atoms with van der Waals surface area (Å²) in [6.45, 7) is 0. The summed E-state index contributed by atoms with van der Waals surface area (Å²) in [6.07, 6.45) is 0.774. The summed E-state index contributed by atoms with van der Waals surface area (Å²) in [7, 11) is 1.68. The van der Waals surface area contributed by atoms with E-state index in [4.69, 9.17) is 5.73 Å². The number of nitrogens with two attached hydrogens (primary N) is 1. The van der Waals surface area contributed by atoms with Crippen molar-refractivity contribution in [1.82, 2.24) is 4.57 Å². The van der Waals surface area contributed by atoms with E-state index in [0.717, 1.165) is 11.8 Å². The average molecular weight is 296 g/mol. The van der Waals surface area contributed by atoms with E-state index in [2.05, 4.69) is 0 Å². The minimum Gasteiger partial charge on any atom is -0.507 e. The highest BCUT2D eigenvalue weighted by Gasteiger charge is 2.03. The van der Waals surface area contributed by atoms with Crippen LogP contribution in [0.25, 0.3) is 10.9 Å². The van der Waals surface area contributed by atoms with Crippen molar-refractivity contribution in [2.24, 2.45) is 7.05 Å². The number of nitrogen functional groups attached to an aromatic ring is 1. The molecule has 0 saturated heterocycles. The van der Waals surface area contributed by atoms with Crippen LogP contribution in [0.15, 0.2) is 59.4 Å². The van der Waals surface area contributed by atoms with Gasteiger partial charge in [-0.15, -0.1) is 0 Å². The van der Waals surface area contributed by atoms with Crippen LogP contribution in [0.2, 0.25) is 0 Å². The molecular formula is C17H16N2O3. The third kappa shape index (κ3) is 3.32. The normalized spacial score (nSPS) is 9.86. The molecule has 3 aromatic rings. The Balaban J connectivity index is 0.000000172. The number of hydrogen-bond acceptors (Lipinski definition) is 4. The van der Waals surface area contributed by atoms with E-state index in [1.165, 1.54) is 10.6 Å². The first-order chi connectivity index (χ1) is 10.5. The van der Waals surface area contributed by atoms with Gasteiger partial charge in [0.1, 0.15) is 12.0 Å². The molecule has 3 rings (SSSR count). The first kappa shape index (κ1) is 15.3. The predicted octanol–water partition coefficient (Wildman–Crippen LogP) is 2.33. The number of para-hydroxylation sites is 1. The maximum atomic E-state index is 11.3. The van der Waals surface area contributed by atoms with Crippen molar-refractivity contribution in [3.8, 4) is 5.75 Å². The zero-order valence-corrected chi connectivity index (χ0v) is 12.1. The SMILES string of the molecule is Cn1c(=O)cc(O)c2ccccc21.Nc1cccc(C=O)c1. The number of aryl methyl sites for hydroxylation is 1. The van der Waals surface area contributed by atoms with Crippen LogP contribution in [0, 0.1) is 0 Å². The number of benzene rings is 2. The second-order valence-corrected chi connectivity index (χ2v) is 4.73. The average Bonchev–Trinajstić information content (AvgIpc) is 2.53. The summed E-state index contributed by atoms with van der Waals surface area (Å²) >= 11 is 0. The molecule has 0 radical (unpaired) electrons. The number of anilines is 1. The smallest absolute Gasteiger partial charge is 0.254 e. The molecule has 2 aromatic carbocycles. The highest BCUT2D eigenvalue weighted by atomic mass is 16.3. The Morgan fingerprint density at radius 2 is 1.82 bits per heavy atom. The van der Waals surface area contributed by atoms with Gasteiger partial charge in [-0.2, -0.15) is 0 Å². The van der Waals surface area contributed by atoms with Gasteiger partial charge in [0.15, 0.2) is 0 Å². The minimum atomic E-state index is -0.198. The van der Waals surface area contributed by atoms with Crippen LogP contribution in [-0.2, 0) is 7.05 Å². The molecule has 0 bridgehead atoms. The fourth-order valence-corrected chi connectivity index (χ4v) is 2.03. The Bertz CT molecular complexity index is 869.